The highest BCUT2D eigenvalue weighted by atomic mass is 35.5. The zero-order valence-corrected chi connectivity index (χ0v) is 24.2. The number of hydrogen-bond donors (Lipinski definition) is 4. The number of anilines is 4. The molecule has 0 saturated carbocycles. The molecular weight excluding hydrogens is 526 g/mol. The molecule has 0 aliphatic heterocycles. The van der Waals surface area contributed by atoms with Gasteiger partial charge >= 0.3 is 0 Å². The van der Waals surface area contributed by atoms with Crippen LogP contribution in [0.2, 0.25) is 5.02 Å². The summed E-state index contributed by atoms with van der Waals surface area (Å²) < 4.78 is 5.36. The molecule has 1 atom stereocenters. The number of halogens is 1. The minimum Gasteiger partial charge on any atom is -0.497 e. The zero-order chi connectivity index (χ0) is 29.1. The molecule has 1 unspecified atom stereocenters. The van der Waals surface area contributed by atoms with Crippen LogP contribution < -0.4 is 26.0 Å². The quantitative estimate of drug-likeness (QED) is 0.137. The highest BCUT2D eigenvalue weighted by Gasteiger charge is 2.19. The van der Waals surface area contributed by atoms with E-state index in [1.54, 1.807) is 7.11 Å². The maximum atomic E-state index is 12.3. The molecule has 0 aliphatic rings. The van der Waals surface area contributed by atoms with Gasteiger partial charge in [0.15, 0.2) is 5.82 Å². The van der Waals surface area contributed by atoms with Gasteiger partial charge in [-0.15, -0.1) is 0 Å². The van der Waals surface area contributed by atoms with Crippen LogP contribution in [0.25, 0.3) is 10.8 Å². The lowest BCUT2D eigenvalue weighted by atomic mass is 10.1. The second-order valence-electron chi connectivity index (χ2n) is 9.19. The van der Waals surface area contributed by atoms with Gasteiger partial charge in [-0.25, -0.2) is 4.98 Å². The number of nitrogens with zero attached hydrogens (tertiary/aromatic N) is 3. The summed E-state index contributed by atoms with van der Waals surface area (Å²) in [7, 11) is 7.60. The summed E-state index contributed by atoms with van der Waals surface area (Å²) in [4.78, 5) is 23.1. The Morgan fingerprint density at radius 2 is 1.82 bits per heavy atom. The Bertz CT molecular complexity index is 1440. The van der Waals surface area contributed by atoms with Gasteiger partial charge in [0.1, 0.15) is 16.9 Å². The Kier molecular flexibility index (Phi) is 11.1. The third kappa shape index (κ3) is 8.59. The average molecular weight is 562 g/mol. The molecule has 4 aromatic rings. The van der Waals surface area contributed by atoms with Gasteiger partial charge in [-0.2, -0.15) is 4.98 Å². The summed E-state index contributed by atoms with van der Waals surface area (Å²) in [5, 5.41) is 15.2. The highest BCUT2D eigenvalue weighted by molar-refractivity contribution is 6.32. The molecule has 4 N–H and O–H groups in total. The minimum absolute atomic E-state index is 0.273. The second kappa shape index (κ2) is 14.7. The number of methoxy groups -OCH3 is 1. The van der Waals surface area contributed by atoms with Crippen molar-refractivity contribution < 1.29 is 9.53 Å². The molecule has 1 heterocycles. The van der Waals surface area contributed by atoms with E-state index in [9.17, 15) is 4.79 Å². The number of carbonyl (C=O) groups excluding carboxylic acids is 1. The van der Waals surface area contributed by atoms with Crippen molar-refractivity contribution in [3.05, 3.63) is 90.1 Å². The van der Waals surface area contributed by atoms with Crippen molar-refractivity contribution in [3.63, 3.8) is 0 Å². The predicted molar refractivity (Wildman–Crippen MR) is 166 cm³/mol. The first-order chi connectivity index (χ1) is 19.2. The summed E-state index contributed by atoms with van der Waals surface area (Å²) in [6.07, 6.45) is 2.05. The van der Waals surface area contributed by atoms with Crippen molar-refractivity contribution in [2.75, 3.05) is 50.7 Å². The Hall–Kier alpha value is -4.34. The van der Waals surface area contributed by atoms with Gasteiger partial charge in [-0.3, -0.25) is 4.79 Å². The van der Waals surface area contributed by atoms with Crippen LogP contribution in [-0.4, -0.2) is 55.6 Å². The van der Waals surface area contributed by atoms with Gasteiger partial charge in [0, 0.05) is 29.5 Å². The maximum absolute atomic E-state index is 12.3. The lowest BCUT2D eigenvalue weighted by Crippen LogP contribution is -2.33. The number of fused-ring (bicyclic) bond motifs is 1. The van der Waals surface area contributed by atoms with Gasteiger partial charge in [0.2, 0.25) is 11.9 Å². The van der Waals surface area contributed by atoms with E-state index in [1.807, 2.05) is 87.6 Å². The van der Waals surface area contributed by atoms with Crippen LogP contribution in [-0.2, 0) is 4.79 Å². The number of amides is 1. The third-order valence-electron chi connectivity index (χ3n) is 5.44. The molecular formula is C30H36ClN7O2. The SMILES string of the molecule is C=CC(=O)NC(Nc1ncc(Cl)c(Nc2ccc3ccccc3c2)n1)c1ccc(OC)cc1NCC.CN(C)C. The van der Waals surface area contributed by atoms with Crippen molar-refractivity contribution in [2.24, 2.45) is 0 Å². The number of nitrogens with one attached hydrogen (secondary N) is 4. The van der Waals surface area contributed by atoms with E-state index in [4.69, 9.17) is 16.3 Å². The molecule has 4 rings (SSSR count). The molecule has 0 aliphatic carbocycles. The molecule has 40 heavy (non-hydrogen) atoms. The third-order valence-corrected chi connectivity index (χ3v) is 5.72. The van der Waals surface area contributed by atoms with Gasteiger partial charge in [-0.05, 0) is 69.2 Å². The van der Waals surface area contributed by atoms with Gasteiger partial charge in [-0.1, -0.05) is 48.5 Å². The molecule has 210 valence electrons. The summed E-state index contributed by atoms with van der Waals surface area (Å²) in [5.74, 6) is 1.04. The Morgan fingerprint density at radius 3 is 2.50 bits per heavy atom. The number of ether oxygens (including phenoxy) is 1. The van der Waals surface area contributed by atoms with Crippen molar-refractivity contribution in [2.45, 2.75) is 13.1 Å². The largest absolute Gasteiger partial charge is 0.497 e. The smallest absolute Gasteiger partial charge is 0.245 e. The zero-order valence-electron chi connectivity index (χ0n) is 23.5. The first kappa shape index (κ1) is 30.2. The van der Waals surface area contributed by atoms with Crippen LogP contribution in [0.5, 0.6) is 5.75 Å². The fraction of sp³-hybridized carbons (Fsp3) is 0.233. The van der Waals surface area contributed by atoms with Crippen LogP contribution in [0.4, 0.5) is 23.1 Å². The van der Waals surface area contributed by atoms with E-state index in [1.165, 1.54) is 12.3 Å². The van der Waals surface area contributed by atoms with Crippen molar-refractivity contribution in [1.82, 2.24) is 20.2 Å². The van der Waals surface area contributed by atoms with Crippen LogP contribution >= 0.6 is 11.6 Å². The van der Waals surface area contributed by atoms with Gasteiger partial charge in [0.05, 0.1) is 13.3 Å². The van der Waals surface area contributed by atoms with Crippen LogP contribution in [0.3, 0.4) is 0 Å². The minimum atomic E-state index is -0.662. The number of benzene rings is 3. The molecule has 3 aromatic carbocycles. The molecule has 0 fully saturated rings. The molecule has 10 heteroatoms. The monoisotopic (exact) mass is 561 g/mol. The summed E-state index contributed by atoms with van der Waals surface area (Å²) in [6, 6.07) is 19.6. The van der Waals surface area contributed by atoms with Crippen LogP contribution in [0, 0.1) is 0 Å². The normalized spacial score (nSPS) is 11.2. The second-order valence-corrected chi connectivity index (χ2v) is 9.60. The predicted octanol–water partition coefficient (Wildman–Crippen LogP) is 6.06. The first-order valence-corrected chi connectivity index (χ1v) is 13.1. The molecule has 0 radical (unpaired) electrons. The van der Waals surface area contributed by atoms with E-state index in [-0.39, 0.29) is 11.9 Å². The average Bonchev–Trinajstić information content (AvgIpc) is 2.94. The molecule has 9 nitrogen and oxygen atoms in total. The lowest BCUT2D eigenvalue weighted by molar-refractivity contribution is -0.117. The van der Waals surface area contributed by atoms with E-state index in [0.29, 0.717) is 23.1 Å². The standard InChI is InChI=1S/C27H27ClN6O2.C3H9N/c1-4-24(35)32-25(21-13-12-20(36-3)15-23(21)29-5-2)33-27-30-16-22(28)26(34-27)31-19-11-10-17-8-6-7-9-18(17)14-19;1-4(2)3/h4,6-16,25,29H,1,5H2,2-3H3,(H,32,35)(H2,30,31,33,34);1-3H3. The Morgan fingerprint density at radius 1 is 1.10 bits per heavy atom. The molecule has 0 saturated heterocycles. The molecule has 1 amide bonds. The first-order valence-electron chi connectivity index (χ1n) is 12.7. The number of carbonyl (C=O) groups is 1. The molecule has 0 spiro atoms. The van der Waals surface area contributed by atoms with Gasteiger partial charge in [0.25, 0.3) is 0 Å². The van der Waals surface area contributed by atoms with Crippen molar-refractivity contribution >= 4 is 51.4 Å². The van der Waals surface area contributed by atoms with E-state index < -0.39 is 6.17 Å². The fourth-order valence-electron chi connectivity index (χ4n) is 3.71. The van der Waals surface area contributed by atoms with E-state index in [2.05, 4.69) is 43.9 Å². The van der Waals surface area contributed by atoms with Crippen molar-refractivity contribution in [1.29, 1.82) is 0 Å². The number of hydrogen-bond acceptors (Lipinski definition) is 8. The molecule has 1 aromatic heterocycles. The highest BCUT2D eigenvalue weighted by Crippen LogP contribution is 2.30. The summed E-state index contributed by atoms with van der Waals surface area (Å²) >= 11 is 6.40. The maximum Gasteiger partial charge on any atom is 0.245 e. The van der Waals surface area contributed by atoms with Crippen molar-refractivity contribution in [3.8, 4) is 5.75 Å². The topological polar surface area (TPSA) is 103 Å². The number of aromatic nitrogens is 2. The lowest BCUT2D eigenvalue weighted by Gasteiger charge is -2.23. The summed E-state index contributed by atoms with van der Waals surface area (Å²) in [5.41, 5.74) is 2.40. The Labute approximate surface area is 240 Å². The summed E-state index contributed by atoms with van der Waals surface area (Å²) in [6.45, 7) is 6.23. The van der Waals surface area contributed by atoms with Crippen LogP contribution in [0.15, 0.2) is 79.5 Å². The van der Waals surface area contributed by atoms with E-state index >= 15 is 0 Å². The number of rotatable bonds is 10. The van der Waals surface area contributed by atoms with E-state index in [0.717, 1.165) is 27.7 Å². The van der Waals surface area contributed by atoms with Crippen LogP contribution in [0.1, 0.15) is 18.7 Å². The Balaban J connectivity index is 0.00000103. The fourth-order valence-corrected chi connectivity index (χ4v) is 3.85. The van der Waals surface area contributed by atoms with Gasteiger partial charge < -0.3 is 30.9 Å². The molecule has 0 bridgehead atoms.